The maximum absolute atomic E-state index is 12.7. The highest BCUT2D eigenvalue weighted by Gasteiger charge is 2.61. The van der Waals surface area contributed by atoms with Crippen molar-refractivity contribution in [1.82, 2.24) is 0 Å². The minimum atomic E-state index is -1.69. The first-order chi connectivity index (χ1) is 12.9. The summed E-state index contributed by atoms with van der Waals surface area (Å²) in [6, 6.07) is 0. The molecule has 0 aromatic rings. The smallest absolute Gasteiger partial charge is 0.341 e. The molecule has 4 aliphatic heterocycles. The fourth-order valence-corrected chi connectivity index (χ4v) is 4.39. The van der Waals surface area contributed by atoms with Gasteiger partial charge in [-0.1, -0.05) is 6.58 Å². The molecule has 8 nitrogen and oxygen atoms in total. The van der Waals surface area contributed by atoms with Gasteiger partial charge in [0.2, 0.25) is 0 Å². The van der Waals surface area contributed by atoms with E-state index in [0.717, 1.165) is 0 Å². The topological polar surface area (TPSA) is 115 Å². The zero-order valence-electron chi connectivity index (χ0n) is 16.4. The third-order valence-corrected chi connectivity index (χ3v) is 6.68. The lowest BCUT2D eigenvalue weighted by Gasteiger charge is -2.34. The highest BCUT2D eigenvalue weighted by Crippen LogP contribution is 2.48. The van der Waals surface area contributed by atoms with Crippen molar-refractivity contribution in [1.29, 1.82) is 0 Å². The molecule has 2 N–H and O–H groups in total. The molecule has 0 saturated carbocycles. The van der Waals surface area contributed by atoms with E-state index in [0.29, 0.717) is 5.57 Å². The molecule has 28 heavy (non-hydrogen) atoms. The van der Waals surface area contributed by atoms with Gasteiger partial charge in [-0.25, -0.2) is 9.59 Å². The second-order valence-corrected chi connectivity index (χ2v) is 8.70. The molecule has 0 radical (unpaired) electrons. The van der Waals surface area contributed by atoms with E-state index in [2.05, 4.69) is 6.58 Å². The molecule has 2 bridgehead atoms. The quantitative estimate of drug-likeness (QED) is 0.305. The fraction of sp³-hybridized carbons (Fsp3) is 0.700. The van der Waals surface area contributed by atoms with Gasteiger partial charge in [0.25, 0.3) is 0 Å². The lowest BCUT2D eigenvalue weighted by molar-refractivity contribution is -0.209. The molecule has 4 rings (SSSR count). The largest absolute Gasteiger partial charge is 0.459 e. The van der Waals surface area contributed by atoms with Crippen molar-refractivity contribution in [3.63, 3.8) is 0 Å². The number of hydrogen-bond acceptors (Lipinski definition) is 8. The predicted molar refractivity (Wildman–Crippen MR) is 94.8 cm³/mol. The van der Waals surface area contributed by atoms with Gasteiger partial charge in [-0.2, -0.15) is 0 Å². The maximum atomic E-state index is 12.7. The van der Waals surface area contributed by atoms with Crippen molar-refractivity contribution in [2.45, 2.75) is 81.9 Å². The summed E-state index contributed by atoms with van der Waals surface area (Å²) in [4.78, 5) is 24.9. The van der Waals surface area contributed by atoms with E-state index in [-0.39, 0.29) is 24.5 Å². The van der Waals surface area contributed by atoms with Crippen LogP contribution < -0.4 is 0 Å². The third-order valence-electron chi connectivity index (χ3n) is 6.68. The van der Waals surface area contributed by atoms with E-state index in [9.17, 15) is 19.8 Å². The maximum Gasteiger partial charge on any atom is 0.341 e. The zero-order chi connectivity index (χ0) is 20.6. The summed E-state index contributed by atoms with van der Waals surface area (Å²) in [5, 5.41) is 21.5. The molecular weight excluding hydrogens is 368 g/mol. The van der Waals surface area contributed by atoms with Gasteiger partial charge in [0.15, 0.2) is 11.4 Å². The van der Waals surface area contributed by atoms with E-state index in [1.165, 1.54) is 0 Å². The number of esters is 2. The van der Waals surface area contributed by atoms with Crippen LogP contribution in [-0.2, 0) is 28.5 Å². The number of carbonyl (C=O) groups excluding carboxylic acids is 2. The second kappa shape index (κ2) is 5.89. The standard InChI is InChI=1S/C20H26O8/c1-9-6-12-15(10(2)16(22)25-12)13(26-17(23)19(5)11(3)27-19)7-18(4)14(21)8-20(9,24)28-18/h6,11-15,21,24H,2,7-8H2,1,3-5H3. The number of aliphatic hydroxyl groups excluding tert-OH is 1. The van der Waals surface area contributed by atoms with Crippen LogP contribution >= 0.6 is 0 Å². The Balaban J connectivity index is 1.74. The van der Waals surface area contributed by atoms with Gasteiger partial charge in [0.1, 0.15) is 12.2 Å². The lowest BCUT2D eigenvalue weighted by atomic mass is 9.80. The summed E-state index contributed by atoms with van der Waals surface area (Å²) in [5.74, 6) is -3.47. The van der Waals surface area contributed by atoms with Crippen LogP contribution in [0.4, 0.5) is 0 Å². The molecule has 0 spiro atoms. The highest BCUT2D eigenvalue weighted by molar-refractivity contribution is 5.91. The molecule has 154 valence electrons. The van der Waals surface area contributed by atoms with Crippen LogP contribution in [0, 0.1) is 5.92 Å². The summed E-state index contributed by atoms with van der Waals surface area (Å²) in [6.07, 6.45) is -1.25. The van der Waals surface area contributed by atoms with Crippen LogP contribution in [0.15, 0.2) is 23.8 Å². The Morgan fingerprint density at radius 1 is 1.36 bits per heavy atom. The molecule has 0 amide bonds. The minimum absolute atomic E-state index is 0.0311. The number of fused-ring (bicyclic) bond motifs is 3. The monoisotopic (exact) mass is 394 g/mol. The molecule has 0 aromatic carbocycles. The summed E-state index contributed by atoms with van der Waals surface area (Å²) < 4.78 is 22.5. The Kier molecular flexibility index (Phi) is 4.11. The summed E-state index contributed by atoms with van der Waals surface area (Å²) in [7, 11) is 0. The zero-order valence-corrected chi connectivity index (χ0v) is 16.4. The molecule has 3 saturated heterocycles. The number of epoxide rings is 1. The summed E-state index contributed by atoms with van der Waals surface area (Å²) in [5.41, 5.74) is -1.62. The van der Waals surface area contributed by atoms with E-state index < -0.39 is 53.2 Å². The van der Waals surface area contributed by atoms with E-state index in [1.807, 2.05) is 0 Å². The highest BCUT2D eigenvalue weighted by atomic mass is 16.7. The number of ether oxygens (including phenoxy) is 4. The van der Waals surface area contributed by atoms with Gasteiger partial charge in [-0.15, -0.1) is 0 Å². The predicted octanol–water partition coefficient (Wildman–Crippen LogP) is 0.752. The Hall–Kier alpha value is -1.74. The Morgan fingerprint density at radius 2 is 2.00 bits per heavy atom. The van der Waals surface area contributed by atoms with Crippen LogP contribution in [-0.4, -0.2) is 63.6 Å². The number of hydrogen-bond donors (Lipinski definition) is 2. The Labute approximate surface area is 163 Å². The van der Waals surface area contributed by atoms with Crippen LogP contribution in [0.25, 0.3) is 0 Å². The normalized spacial score (nSPS) is 50.1. The van der Waals surface area contributed by atoms with Crippen LogP contribution in [0.1, 0.15) is 40.5 Å². The average molecular weight is 394 g/mol. The van der Waals surface area contributed by atoms with Crippen molar-refractivity contribution >= 4 is 11.9 Å². The molecule has 3 fully saturated rings. The van der Waals surface area contributed by atoms with Crippen molar-refractivity contribution in [3.05, 3.63) is 23.8 Å². The van der Waals surface area contributed by atoms with Gasteiger partial charge in [0.05, 0.1) is 23.7 Å². The van der Waals surface area contributed by atoms with Gasteiger partial charge in [-0.3, -0.25) is 0 Å². The second-order valence-electron chi connectivity index (χ2n) is 8.70. The van der Waals surface area contributed by atoms with Crippen molar-refractivity contribution < 1.29 is 38.7 Å². The van der Waals surface area contributed by atoms with Crippen LogP contribution in [0.3, 0.4) is 0 Å². The summed E-state index contributed by atoms with van der Waals surface area (Å²) in [6.45, 7) is 10.5. The van der Waals surface area contributed by atoms with E-state index in [4.69, 9.17) is 18.9 Å². The van der Waals surface area contributed by atoms with Gasteiger partial charge >= 0.3 is 11.9 Å². The SMILES string of the molecule is C=C1C(=O)OC2C=C(C)C3(O)CC(O)C(C)(CC(OC(=O)C4(C)OC4C)C12)O3. The Morgan fingerprint density at radius 3 is 2.61 bits per heavy atom. The molecule has 8 atom stereocenters. The van der Waals surface area contributed by atoms with Crippen molar-refractivity contribution in [2.24, 2.45) is 5.92 Å². The number of carbonyl (C=O) groups is 2. The Bertz CT molecular complexity index is 789. The molecule has 4 heterocycles. The molecule has 0 aromatic heterocycles. The van der Waals surface area contributed by atoms with Crippen molar-refractivity contribution in [2.75, 3.05) is 0 Å². The summed E-state index contributed by atoms with van der Waals surface area (Å²) >= 11 is 0. The van der Waals surface area contributed by atoms with E-state index in [1.54, 1.807) is 33.8 Å². The lowest BCUT2D eigenvalue weighted by Crippen LogP contribution is -2.45. The van der Waals surface area contributed by atoms with Crippen molar-refractivity contribution in [3.8, 4) is 0 Å². The fourth-order valence-electron chi connectivity index (χ4n) is 4.39. The minimum Gasteiger partial charge on any atom is -0.459 e. The molecule has 0 aliphatic carbocycles. The number of rotatable bonds is 2. The van der Waals surface area contributed by atoms with Gasteiger partial charge in [-0.05, 0) is 39.3 Å². The van der Waals surface area contributed by atoms with Crippen LogP contribution in [0.2, 0.25) is 0 Å². The molecular formula is C20H26O8. The van der Waals surface area contributed by atoms with Gasteiger partial charge < -0.3 is 29.2 Å². The first kappa shape index (κ1) is 19.6. The first-order valence-corrected chi connectivity index (χ1v) is 9.48. The molecule has 8 heteroatoms. The van der Waals surface area contributed by atoms with Crippen LogP contribution in [0.5, 0.6) is 0 Å². The molecule has 4 aliphatic rings. The van der Waals surface area contributed by atoms with Gasteiger partial charge in [0, 0.05) is 18.4 Å². The average Bonchev–Trinajstić information content (AvgIpc) is 2.99. The number of aliphatic hydroxyl groups is 2. The van der Waals surface area contributed by atoms with E-state index >= 15 is 0 Å². The first-order valence-electron chi connectivity index (χ1n) is 9.48. The third kappa shape index (κ3) is 2.74. The molecule has 8 unspecified atom stereocenters.